The number of allylic oxidation sites excluding steroid dienone is 5. The molecule has 1 aromatic rings. The van der Waals surface area contributed by atoms with Gasteiger partial charge < -0.3 is 5.11 Å². The van der Waals surface area contributed by atoms with Gasteiger partial charge in [-0.25, -0.2) is 0 Å². The molecule has 1 heteroatoms. The van der Waals surface area contributed by atoms with E-state index in [9.17, 15) is 0 Å². The Balaban J connectivity index is 2.95. The Morgan fingerprint density at radius 3 is 2.76 bits per heavy atom. The monoisotopic (exact) mass is 226 g/mol. The van der Waals surface area contributed by atoms with Crippen LogP contribution in [0.15, 0.2) is 60.4 Å². The topological polar surface area (TPSA) is 20.2 Å². The molecule has 0 atom stereocenters. The molecule has 1 nitrogen and oxygen atoms in total. The highest BCUT2D eigenvalue weighted by molar-refractivity contribution is 5.65. The molecule has 1 N–H and O–H groups in total. The van der Waals surface area contributed by atoms with Gasteiger partial charge in [0.25, 0.3) is 0 Å². The van der Waals surface area contributed by atoms with Crippen molar-refractivity contribution in [2.24, 2.45) is 0 Å². The van der Waals surface area contributed by atoms with Gasteiger partial charge in [-0.05, 0) is 48.3 Å². The first-order valence-corrected chi connectivity index (χ1v) is 5.58. The maximum atomic E-state index is 9.08. The number of hydrogen-bond acceptors (Lipinski definition) is 1. The lowest BCUT2D eigenvalue weighted by molar-refractivity contribution is 0.282. The summed E-state index contributed by atoms with van der Waals surface area (Å²) in [5, 5.41) is 9.08. The third-order valence-electron chi connectivity index (χ3n) is 2.49. The third kappa shape index (κ3) is 4.28. The SMILES string of the molecule is C=C=C/C(C)=C\C=C(/C)c1cccc(CO)c1. The molecule has 1 aromatic carbocycles. The molecule has 0 unspecified atom stereocenters. The second kappa shape index (κ2) is 6.70. The van der Waals surface area contributed by atoms with Gasteiger partial charge in [-0.15, -0.1) is 5.73 Å². The molecule has 0 saturated heterocycles. The summed E-state index contributed by atoms with van der Waals surface area (Å²) < 4.78 is 0. The van der Waals surface area contributed by atoms with Crippen molar-refractivity contribution in [1.29, 1.82) is 0 Å². The summed E-state index contributed by atoms with van der Waals surface area (Å²) in [4.78, 5) is 0. The second-order valence-corrected chi connectivity index (χ2v) is 3.97. The molecule has 0 saturated carbocycles. The van der Waals surface area contributed by atoms with Gasteiger partial charge in [0.05, 0.1) is 6.61 Å². The fraction of sp³-hybridized carbons (Fsp3) is 0.188. The summed E-state index contributed by atoms with van der Waals surface area (Å²) >= 11 is 0. The fourth-order valence-electron chi connectivity index (χ4n) is 1.48. The van der Waals surface area contributed by atoms with Gasteiger partial charge in [-0.1, -0.05) is 36.9 Å². The average Bonchev–Trinajstić information content (AvgIpc) is 2.36. The number of rotatable bonds is 4. The van der Waals surface area contributed by atoms with Crippen LogP contribution in [0.25, 0.3) is 5.57 Å². The van der Waals surface area contributed by atoms with Crippen LogP contribution in [0, 0.1) is 0 Å². The molecule has 0 heterocycles. The standard InChI is InChI=1S/C16H18O/c1-4-6-13(2)9-10-14(3)16-8-5-7-15(11-16)12-17/h5-11,17H,1,12H2,2-3H3/b13-9-,14-10+. The molecule has 88 valence electrons. The van der Waals surface area contributed by atoms with Crippen LogP contribution in [0.1, 0.15) is 25.0 Å². The van der Waals surface area contributed by atoms with E-state index in [4.69, 9.17) is 5.11 Å². The molecular weight excluding hydrogens is 208 g/mol. The van der Waals surface area contributed by atoms with E-state index in [1.807, 2.05) is 43.3 Å². The first kappa shape index (κ1) is 13.2. The molecule has 0 aliphatic rings. The molecule has 0 radical (unpaired) electrons. The zero-order valence-corrected chi connectivity index (χ0v) is 10.4. The van der Waals surface area contributed by atoms with Gasteiger partial charge in [0.15, 0.2) is 0 Å². The summed E-state index contributed by atoms with van der Waals surface area (Å²) in [5.74, 6) is 0. The molecule has 0 aromatic heterocycles. The molecule has 0 fully saturated rings. The van der Waals surface area contributed by atoms with E-state index in [1.54, 1.807) is 0 Å². The Morgan fingerprint density at radius 1 is 1.35 bits per heavy atom. The zero-order valence-electron chi connectivity index (χ0n) is 10.4. The lowest BCUT2D eigenvalue weighted by Crippen LogP contribution is -1.85. The summed E-state index contributed by atoms with van der Waals surface area (Å²) in [6, 6.07) is 7.91. The van der Waals surface area contributed by atoms with Crippen LogP contribution in [0.4, 0.5) is 0 Å². The van der Waals surface area contributed by atoms with Crippen molar-refractivity contribution in [3.8, 4) is 0 Å². The van der Waals surface area contributed by atoms with Crippen molar-refractivity contribution in [2.45, 2.75) is 20.5 Å². The lowest BCUT2D eigenvalue weighted by atomic mass is 10.0. The summed E-state index contributed by atoms with van der Waals surface area (Å²) in [5.41, 5.74) is 7.08. The lowest BCUT2D eigenvalue weighted by Gasteiger charge is -2.03. The maximum absolute atomic E-state index is 9.08. The summed E-state index contributed by atoms with van der Waals surface area (Å²) in [6.07, 6.45) is 5.92. The van der Waals surface area contributed by atoms with Crippen molar-refractivity contribution < 1.29 is 5.11 Å². The first-order chi connectivity index (χ1) is 8.17. The quantitative estimate of drug-likeness (QED) is 0.610. The summed E-state index contributed by atoms with van der Waals surface area (Å²) in [6.45, 7) is 7.68. The van der Waals surface area contributed by atoms with Crippen LogP contribution in [0.3, 0.4) is 0 Å². The number of aliphatic hydroxyl groups is 1. The number of aliphatic hydroxyl groups excluding tert-OH is 1. The Kier molecular flexibility index (Phi) is 5.22. The highest BCUT2D eigenvalue weighted by Gasteiger charge is 1.96. The van der Waals surface area contributed by atoms with Gasteiger partial charge in [-0.2, -0.15) is 0 Å². The number of benzene rings is 1. The highest BCUT2D eigenvalue weighted by atomic mass is 16.3. The van der Waals surface area contributed by atoms with Crippen LogP contribution >= 0.6 is 0 Å². The van der Waals surface area contributed by atoms with Crippen LogP contribution in [-0.4, -0.2) is 5.11 Å². The first-order valence-electron chi connectivity index (χ1n) is 5.58. The van der Waals surface area contributed by atoms with Crippen molar-refractivity contribution in [3.63, 3.8) is 0 Å². The molecule has 0 spiro atoms. The van der Waals surface area contributed by atoms with Crippen LogP contribution in [-0.2, 0) is 6.61 Å². The van der Waals surface area contributed by atoms with E-state index >= 15 is 0 Å². The molecule has 0 bridgehead atoms. The van der Waals surface area contributed by atoms with Gasteiger partial charge in [0.2, 0.25) is 0 Å². The molecule has 0 aliphatic carbocycles. The van der Waals surface area contributed by atoms with Crippen molar-refractivity contribution in [2.75, 3.05) is 0 Å². The van der Waals surface area contributed by atoms with E-state index in [1.165, 1.54) is 0 Å². The molecule has 1 rings (SSSR count). The highest BCUT2D eigenvalue weighted by Crippen LogP contribution is 2.16. The predicted octanol–water partition coefficient (Wildman–Crippen LogP) is 3.87. The Morgan fingerprint density at radius 2 is 2.12 bits per heavy atom. The Labute approximate surface area is 103 Å². The molecule has 17 heavy (non-hydrogen) atoms. The molecule has 0 amide bonds. The van der Waals surface area contributed by atoms with Gasteiger partial charge in [0.1, 0.15) is 0 Å². The normalized spacial score (nSPS) is 12.2. The molecule has 0 aliphatic heterocycles. The van der Waals surface area contributed by atoms with E-state index in [0.717, 1.165) is 22.3 Å². The van der Waals surface area contributed by atoms with E-state index < -0.39 is 0 Å². The minimum atomic E-state index is 0.0786. The summed E-state index contributed by atoms with van der Waals surface area (Å²) in [7, 11) is 0. The molecular formula is C16H18O. The van der Waals surface area contributed by atoms with Gasteiger partial charge in [0, 0.05) is 0 Å². The largest absolute Gasteiger partial charge is 0.392 e. The van der Waals surface area contributed by atoms with E-state index in [-0.39, 0.29) is 6.61 Å². The minimum absolute atomic E-state index is 0.0786. The smallest absolute Gasteiger partial charge is 0.0682 e. The van der Waals surface area contributed by atoms with Gasteiger partial charge >= 0.3 is 0 Å². The Hall–Kier alpha value is -1.82. The second-order valence-electron chi connectivity index (χ2n) is 3.97. The minimum Gasteiger partial charge on any atom is -0.392 e. The van der Waals surface area contributed by atoms with Crippen LogP contribution < -0.4 is 0 Å². The predicted molar refractivity (Wildman–Crippen MR) is 73.5 cm³/mol. The third-order valence-corrected chi connectivity index (χ3v) is 2.49. The van der Waals surface area contributed by atoms with Gasteiger partial charge in [-0.3, -0.25) is 0 Å². The number of hydrogen-bond donors (Lipinski definition) is 1. The fourth-order valence-corrected chi connectivity index (χ4v) is 1.48. The zero-order chi connectivity index (χ0) is 12.7. The maximum Gasteiger partial charge on any atom is 0.0682 e. The van der Waals surface area contributed by atoms with Crippen LogP contribution in [0.2, 0.25) is 0 Å². The Bertz CT molecular complexity index is 486. The van der Waals surface area contributed by atoms with E-state index in [2.05, 4.69) is 25.3 Å². The average molecular weight is 226 g/mol. The van der Waals surface area contributed by atoms with Crippen LogP contribution in [0.5, 0.6) is 0 Å². The van der Waals surface area contributed by atoms with Crippen molar-refractivity contribution >= 4 is 5.57 Å². The van der Waals surface area contributed by atoms with Crippen molar-refractivity contribution in [3.05, 3.63) is 71.5 Å². The van der Waals surface area contributed by atoms with Crippen molar-refractivity contribution in [1.82, 2.24) is 0 Å². The van der Waals surface area contributed by atoms with E-state index in [0.29, 0.717) is 0 Å².